The highest BCUT2D eigenvalue weighted by Gasteiger charge is 2.10. The molecule has 134 valence electrons. The lowest BCUT2D eigenvalue weighted by Gasteiger charge is -2.06. The van der Waals surface area contributed by atoms with Crippen LogP contribution in [0.3, 0.4) is 0 Å². The summed E-state index contributed by atoms with van der Waals surface area (Å²) in [5, 5.41) is 12.3. The van der Waals surface area contributed by atoms with Crippen LogP contribution in [0.15, 0.2) is 67.0 Å². The van der Waals surface area contributed by atoms with E-state index in [1.165, 1.54) is 0 Å². The molecule has 27 heavy (non-hydrogen) atoms. The number of aryl methyl sites for hydroxylation is 1. The van der Waals surface area contributed by atoms with Gasteiger partial charge in [0.25, 0.3) is 0 Å². The Balaban J connectivity index is 1.49. The molecule has 4 aromatic rings. The molecule has 0 bridgehead atoms. The summed E-state index contributed by atoms with van der Waals surface area (Å²) in [6.45, 7) is 2.09. The summed E-state index contributed by atoms with van der Waals surface area (Å²) in [7, 11) is 0. The molecule has 0 fully saturated rings. The third-order valence-corrected chi connectivity index (χ3v) is 4.59. The summed E-state index contributed by atoms with van der Waals surface area (Å²) < 4.78 is 0. The van der Waals surface area contributed by atoms with Crippen LogP contribution in [0.2, 0.25) is 0 Å². The van der Waals surface area contributed by atoms with Crippen LogP contribution in [0.1, 0.15) is 18.1 Å². The Kier molecular flexibility index (Phi) is 4.66. The first-order valence-electron chi connectivity index (χ1n) is 8.99. The topological polar surface area (TPSA) is 70.7 Å². The van der Waals surface area contributed by atoms with Gasteiger partial charge in [0, 0.05) is 24.0 Å². The van der Waals surface area contributed by atoms with Gasteiger partial charge in [0.1, 0.15) is 0 Å². The van der Waals surface area contributed by atoms with E-state index in [4.69, 9.17) is 0 Å². The van der Waals surface area contributed by atoms with E-state index in [9.17, 15) is 4.79 Å². The van der Waals surface area contributed by atoms with E-state index in [1.807, 2.05) is 42.6 Å². The third-order valence-electron chi connectivity index (χ3n) is 4.59. The Morgan fingerprint density at radius 1 is 1.07 bits per heavy atom. The molecule has 0 spiro atoms. The molecule has 2 aromatic heterocycles. The summed E-state index contributed by atoms with van der Waals surface area (Å²) in [6.07, 6.45) is 4.86. The molecule has 0 radical (unpaired) electrons. The minimum atomic E-state index is -0.0927. The van der Waals surface area contributed by atoms with Crippen LogP contribution < -0.4 is 5.32 Å². The molecule has 5 nitrogen and oxygen atoms in total. The number of H-pyrrole nitrogens is 1. The quantitative estimate of drug-likeness (QED) is 0.558. The van der Waals surface area contributed by atoms with Crippen molar-refractivity contribution in [2.75, 3.05) is 5.32 Å². The van der Waals surface area contributed by atoms with E-state index in [1.54, 1.807) is 6.20 Å². The Morgan fingerprint density at radius 3 is 2.81 bits per heavy atom. The largest absolute Gasteiger partial charge is 0.309 e. The number of fused-ring (bicyclic) bond motifs is 1. The molecule has 0 saturated heterocycles. The number of aromatic nitrogens is 3. The molecule has 0 atom stereocenters. The van der Waals surface area contributed by atoms with Crippen LogP contribution in [0.25, 0.3) is 22.0 Å². The lowest BCUT2D eigenvalue weighted by atomic mass is 10.0. The molecule has 4 rings (SSSR count). The maximum atomic E-state index is 12.5. The molecular weight excluding hydrogens is 336 g/mol. The van der Waals surface area contributed by atoms with Gasteiger partial charge in [-0.05, 0) is 34.4 Å². The zero-order valence-corrected chi connectivity index (χ0v) is 15.1. The number of hydrogen-bond donors (Lipinski definition) is 2. The molecule has 0 saturated carbocycles. The number of benzene rings is 2. The van der Waals surface area contributed by atoms with Crippen LogP contribution in [0, 0.1) is 0 Å². The number of nitrogens with one attached hydrogen (secondary N) is 2. The average molecular weight is 356 g/mol. The second kappa shape index (κ2) is 7.41. The normalized spacial score (nSPS) is 10.9. The molecule has 1 amide bonds. The number of aromatic amines is 1. The maximum absolute atomic E-state index is 12.5. The molecule has 2 N–H and O–H groups in total. The molecule has 0 aliphatic rings. The van der Waals surface area contributed by atoms with E-state index in [0.29, 0.717) is 12.2 Å². The van der Waals surface area contributed by atoms with Crippen molar-refractivity contribution >= 4 is 22.5 Å². The number of nitrogens with zero attached hydrogens (tertiary/aromatic N) is 2. The fourth-order valence-corrected chi connectivity index (χ4v) is 3.17. The third kappa shape index (κ3) is 3.72. The Hall–Kier alpha value is -3.47. The first kappa shape index (κ1) is 17.0. The summed E-state index contributed by atoms with van der Waals surface area (Å²) in [5.74, 6) is 0.418. The van der Waals surface area contributed by atoms with Gasteiger partial charge in [-0.3, -0.25) is 14.9 Å². The van der Waals surface area contributed by atoms with Crippen LogP contribution in [-0.4, -0.2) is 21.1 Å². The number of anilines is 1. The van der Waals surface area contributed by atoms with Gasteiger partial charge in [0.15, 0.2) is 5.82 Å². The molecule has 2 heterocycles. The number of pyridine rings is 1. The van der Waals surface area contributed by atoms with Crippen molar-refractivity contribution in [3.8, 4) is 11.3 Å². The van der Waals surface area contributed by atoms with Crippen molar-refractivity contribution < 1.29 is 4.79 Å². The van der Waals surface area contributed by atoms with Crippen molar-refractivity contribution in [2.24, 2.45) is 0 Å². The highest BCUT2D eigenvalue weighted by molar-refractivity contribution is 5.95. The van der Waals surface area contributed by atoms with Crippen molar-refractivity contribution in [1.29, 1.82) is 0 Å². The number of carbonyl (C=O) groups is 1. The van der Waals surface area contributed by atoms with Crippen LogP contribution >= 0.6 is 0 Å². The Bertz CT molecular complexity index is 1090. The number of amides is 1. The van der Waals surface area contributed by atoms with Gasteiger partial charge in [0.05, 0.1) is 12.1 Å². The van der Waals surface area contributed by atoms with Crippen molar-refractivity contribution in [2.45, 2.75) is 19.8 Å². The first-order chi connectivity index (χ1) is 13.2. The molecule has 0 unspecified atom stereocenters. The fourth-order valence-electron chi connectivity index (χ4n) is 3.17. The predicted octanol–water partition coefficient (Wildman–Crippen LogP) is 4.37. The minimum Gasteiger partial charge on any atom is -0.309 e. The maximum Gasteiger partial charge on any atom is 0.230 e. The summed E-state index contributed by atoms with van der Waals surface area (Å²) in [6, 6.07) is 18.0. The van der Waals surface area contributed by atoms with Gasteiger partial charge in [-0.15, -0.1) is 0 Å². The second-order valence-corrected chi connectivity index (χ2v) is 6.47. The first-order valence-corrected chi connectivity index (χ1v) is 8.99. The lowest BCUT2D eigenvalue weighted by Crippen LogP contribution is -2.14. The summed E-state index contributed by atoms with van der Waals surface area (Å²) in [5.41, 5.74) is 3.94. The Labute approximate surface area is 157 Å². The van der Waals surface area contributed by atoms with Crippen LogP contribution in [0.4, 0.5) is 5.82 Å². The SMILES string of the molecule is CCc1cncc(-c2cc(NC(=O)Cc3cccc4ccccc34)n[nH]2)c1. The van der Waals surface area contributed by atoms with E-state index in [0.717, 1.165) is 39.6 Å². The highest BCUT2D eigenvalue weighted by atomic mass is 16.1. The highest BCUT2D eigenvalue weighted by Crippen LogP contribution is 2.21. The lowest BCUT2D eigenvalue weighted by molar-refractivity contribution is -0.115. The van der Waals surface area contributed by atoms with Crippen LogP contribution in [0.5, 0.6) is 0 Å². The van der Waals surface area contributed by atoms with E-state index >= 15 is 0 Å². The second-order valence-electron chi connectivity index (χ2n) is 6.47. The standard InChI is InChI=1S/C22H20N4O/c1-2-15-10-18(14-23-13-15)20-12-21(26-25-20)24-22(27)11-17-8-5-7-16-6-3-4-9-19(16)17/h3-10,12-14H,2,11H2,1H3,(H2,24,25,26,27). The van der Waals surface area contributed by atoms with Crippen molar-refractivity contribution in [3.63, 3.8) is 0 Å². The number of carbonyl (C=O) groups excluding carboxylic acids is 1. The number of rotatable bonds is 5. The van der Waals surface area contributed by atoms with Gasteiger partial charge < -0.3 is 5.32 Å². The summed E-state index contributed by atoms with van der Waals surface area (Å²) in [4.78, 5) is 16.7. The average Bonchev–Trinajstić information content (AvgIpc) is 3.17. The zero-order chi connectivity index (χ0) is 18.6. The fraction of sp³-hybridized carbons (Fsp3) is 0.136. The predicted molar refractivity (Wildman–Crippen MR) is 107 cm³/mol. The van der Waals surface area contributed by atoms with Gasteiger partial charge in [-0.1, -0.05) is 49.4 Å². The van der Waals surface area contributed by atoms with E-state index in [2.05, 4.69) is 45.6 Å². The molecule has 0 aliphatic heterocycles. The number of hydrogen-bond acceptors (Lipinski definition) is 3. The molecule has 5 heteroatoms. The zero-order valence-electron chi connectivity index (χ0n) is 15.1. The van der Waals surface area contributed by atoms with Crippen molar-refractivity contribution in [3.05, 3.63) is 78.1 Å². The van der Waals surface area contributed by atoms with E-state index < -0.39 is 0 Å². The Morgan fingerprint density at radius 2 is 1.93 bits per heavy atom. The smallest absolute Gasteiger partial charge is 0.230 e. The molecule has 2 aromatic carbocycles. The van der Waals surface area contributed by atoms with Gasteiger partial charge in [-0.2, -0.15) is 5.10 Å². The van der Waals surface area contributed by atoms with Crippen molar-refractivity contribution in [1.82, 2.24) is 15.2 Å². The van der Waals surface area contributed by atoms with Crippen LogP contribution in [-0.2, 0) is 17.6 Å². The van der Waals surface area contributed by atoms with E-state index in [-0.39, 0.29) is 5.91 Å². The van der Waals surface area contributed by atoms with Gasteiger partial charge in [-0.25, -0.2) is 0 Å². The summed E-state index contributed by atoms with van der Waals surface area (Å²) >= 11 is 0. The molecule has 0 aliphatic carbocycles. The molecular formula is C22H20N4O. The minimum absolute atomic E-state index is 0.0927. The monoisotopic (exact) mass is 356 g/mol. The van der Waals surface area contributed by atoms with Gasteiger partial charge in [0.2, 0.25) is 5.91 Å². The van der Waals surface area contributed by atoms with Gasteiger partial charge >= 0.3 is 0 Å².